The van der Waals surface area contributed by atoms with Gasteiger partial charge < -0.3 is 14.2 Å². The van der Waals surface area contributed by atoms with Gasteiger partial charge in [-0.15, -0.1) is 0 Å². The Morgan fingerprint density at radius 2 is 1.62 bits per heavy atom. The highest BCUT2D eigenvalue weighted by molar-refractivity contribution is 5.91. The van der Waals surface area contributed by atoms with Crippen LogP contribution in [0.1, 0.15) is 15.9 Å². The van der Waals surface area contributed by atoms with Crippen molar-refractivity contribution in [1.29, 1.82) is 0 Å². The molecular weight excluding hydrogens is 368 g/mol. The number of para-hydroxylation sites is 1. The second-order valence-electron chi connectivity index (χ2n) is 6.13. The molecule has 0 aromatic heterocycles. The van der Waals surface area contributed by atoms with E-state index in [2.05, 4.69) is 5.10 Å². The molecule has 0 N–H and O–H groups in total. The lowest BCUT2D eigenvalue weighted by Gasteiger charge is -2.13. The standard InChI is InChI=1S/C23H22N2O4/c1-25(19-7-5-4-6-8-19)24-16-17-9-14-21(22(15-17)28-3)29-23(26)18-10-12-20(27-2)13-11-18/h4-16H,1-3H3/b24-16-. The van der Waals surface area contributed by atoms with Crippen LogP contribution in [0.4, 0.5) is 5.69 Å². The van der Waals surface area contributed by atoms with E-state index < -0.39 is 5.97 Å². The predicted octanol–water partition coefficient (Wildman–Crippen LogP) is 4.39. The Hall–Kier alpha value is -3.80. The quantitative estimate of drug-likeness (QED) is 0.259. The molecule has 0 heterocycles. The molecule has 0 amide bonds. The Balaban J connectivity index is 1.72. The summed E-state index contributed by atoms with van der Waals surface area (Å²) in [5, 5.41) is 6.20. The number of hydrazone groups is 1. The van der Waals surface area contributed by atoms with E-state index in [1.54, 1.807) is 54.7 Å². The molecule has 6 heteroatoms. The minimum atomic E-state index is -0.476. The molecule has 29 heavy (non-hydrogen) atoms. The first-order chi connectivity index (χ1) is 14.1. The van der Waals surface area contributed by atoms with Gasteiger partial charge in [-0.05, 0) is 60.2 Å². The highest BCUT2D eigenvalue weighted by atomic mass is 16.6. The maximum absolute atomic E-state index is 12.4. The van der Waals surface area contributed by atoms with Crippen LogP contribution in [0.15, 0.2) is 77.9 Å². The van der Waals surface area contributed by atoms with Crippen LogP contribution in [0.5, 0.6) is 17.2 Å². The fourth-order valence-electron chi connectivity index (χ4n) is 2.60. The summed E-state index contributed by atoms with van der Waals surface area (Å²) in [6.45, 7) is 0. The Morgan fingerprint density at radius 1 is 0.897 bits per heavy atom. The highest BCUT2D eigenvalue weighted by Gasteiger charge is 2.13. The van der Waals surface area contributed by atoms with Gasteiger partial charge in [-0.1, -0.05) is 18.2 Å². The molecule has 6 nitrogen and oxygen atoms in total. The number of ether oxygens (including phenoxy) is 3. The number of esters is 1. The van der Waals surface area contributed by atoms with Crippen molar-refractivity contribution in [3.63, 3.8) is 0 Å². The molecule has 3 rings (SSSR count). The topological polar surface area (TPSA) is 60.4 Å². The summed E-state index contributed by atoms with van der Waals surface area (Å²) >= 11 is 0. The number of hydrogen-bond donors (Lipinski definition) is 0. The van der Waals surface area contributed by atoms with Crippen molar-refractivity contribution in [2.24, 2.45) is 5.10 Å². The van der Waals surface area contributed by atoms with Crippen LogP contribution in [0, 0.1) is 0 Å². The van der Waals surface area contributed by atoms with Crippen LogP contribution >= 0.6 is 0 Å². The number of carbonyl (C=O) groups excluding carboxylic acids is 1. The van der Waals surface area contributed by atoms with Gasteiger partial charge in [0, 0.05) is 7.05 Å². The molecule has 3 aromatic carbocycles. The van der Waals surface area contributed by atoms with Crippen molar-refractivity contribution in [2.45, 2.75) is 0 Å². The van der Waals surface area contributed by atoms with Gasteiger partial charge in [0.25, 0.3) is 0 Å². The van der Waals surface area contributed by atoms with Gasteiger partial charge in [-0.2, -0.15) is 5.10 Å². The monoisotopic (exact) mass is 390 g/mol. The number of rotatable bonds is 7. The van der Waals surface area contributed by atoms with Crippen molar-refractivity contribution in [3.8, 4) is 17.2 Å². The number of nitrogens with zero attached hydrogens (tertiary/aromatic N) is 2. The maximum atomic E-state index is 12.4. The van der Waals surface area contributed by atoms with Gasteiger partial charge in [-0.25, -0.2) is 4.79 Å². The second-order valence-corrected chi connectivity index (χ2v) is 6.13. The summed E-state index contributed by atoms with van der Waals surface area (Å²) in [5.74, 6) is 0.972. The molecule has 0 aliphatic carbocycles. The molecule has 148 valence electrons. The Kier molecular flexibility index (Phi) is 6.47. The summed E-state index contributed by atoms with van der Waals surface area (Å²) in [6, 6.07) is 21.8. The predicted molar refractivity (Wildman–Crippen MR) is 113 cm³/mol. The number of anilines is 1. The molecule has 0 spiro atoms. The first-order valence-corrected chi connectivity index (χ1v) is 8.97. The van der Waals surface area contributed by atoms with E-state index in [1.807, 2.05) is 43.4 Å². The fraction of sp³-hybridized carbons (Fsp3) is 0.130. The molecule has 0 aliphatic rings. The second kappa shape index (κ2) is 9.41. The molecular formula is C23H22N2O4. The zero-order valence-electron chi connectivity index (χ0n) is 16.5. The van der Waals surface area contributed by atoms with Crippen molar-refractivity contribution >= 4 is 17.9 Å². The van der Waals surface area contributed by atoms with Crippen LogP contribution < -0.4 is 19.2 Å². The van der Waals surface area contributed by atoms with Crippen molar-refractivity contribution < 1.29 is 19.0 Å². The average Bonchev–Trinajstić information content (AvgIpc) is 2.78. The smallest absolute Gasteiger partial charge is 0.343 e. The Labute approximate surface area is 169 Å². The first-order valence-electron chi connectivity index (χ1n) is 8.97. The summed E-state index contributed by atoms with van der Waals surface area (Å²) in [5.41, 5.74) is 2.21. The van der Waals surface area contributed by atoms with E-state index in [0.29, 0.717) is 22.8 Å². The zero-order chi connectivity index (χ0) is 20.6. The normalized spacial score (nSPS) is 10.6. The lowest BCUT2D eigenvalue weighted by Crippen LogP contribution is -2.10. The minimum Gasteiger partial charge on any atom is -0.497 e. The van der Waals surface area contributed by atoms with Crippen LogP contribution in [0.2, 0.25) is 0 Å². The van der Waals surface area contributed by atoms with E-state index >= 15 is 0 Å². The number of methoxy groups -OCH3 is 2. The summed E-state index contributed by atoms with van der Waals surface area (Å²) in [6.07, 6.45) is 1.71. The average molecular weight is 390 g/mol. The van der Waals surface area contributed by atoms with Gasteiger partial charge in [0.15, 0.2) is 11.5 Å². The van der Waals surface area contributed by atoms with E-state index in [9.17, 15) is 4.79 Å². The molecule has 0 unspecified atom stereocenters. The van der Waals surface area contributed by atoms with E-state index in [4.69, 9.17) is 14.2 Å². The SMILES string of the molecule is COc1ccc(C(=O)Oc2ccc(/C=N\N(C)c3ccccc3)cc2OC)cc1. The van der Waals surface area contributed by atoms with E-state index in [1.165, 1.54) is 7.11 Å². The Bertz CT molecular complexity index is 986. The van der Waals surface area contributed by atoms with Gasteiger partial charge in [0.2, 0.25) is 0 Å². The van der Waals surface area contributed by atoms with Crippen molar-refractivity contribution in [1.82, 2.24) is 0 Å². The molecule has 3 aromatic rings. The van der Waals surface area contributed by atoms with Gasteiger partial charge in [-0.3, -0.25) is 5.01 Å². The largest absolute Gasteiger partial charge is 0.497 e. The van der Waals surface area contributed by atoms with E-state index in [-0.39, 0.29) is 0 Å². The number of benzene rings is 3. The number of carbonyl (C=O) groups is 1. The lowest BCUT2D eigenvalue weighted by molar-refractivity contribution is 0.0729. The molecule has 0 saturated carbocycles. The van der Waals surface area contributed by atoms with Crippen LogP contribution in [-0.2, 0) is 0 Å². The Morgan fingerprint density at radius 3 is 2.28 bits per heavy atom. The van der Waals surface area contributed by atoms with Gasteiger partial charge in [0.1, 0.15) is 5.75 Å². The lowest BCUT2D eigenvalue weighted by atomic mass is 10.2. The first kappa shape index (κ1) is 19.9. The van der Waals surface area contributed by atoms with Crippen molar-refractivity contribution in [2.75, 3.05) is 26.3 Å². The summed E-state index contributed by atoms with van der Waals surface area (Å²) < 4.78 is 16.0. The third-order valence-electron chi connectivity index (χ3n) is 4.23. The third-order valence-corrected chi connectivity index (χ3v) is 4.23. The fourth-order valence-corrected chi connectivity index (χ4v) is 2.60. The van der Waals surface area contributed by atoms with Crippen LogP contribution in [-0.4, -0.2) is 33.5 Å². The highest BCUT2D eigenvalue weighted by Crippen LogP contribution is 2.28. The maximum Gasteiger partial charge on any atom is 0.343 e. The van der Waals surface area contributed by atoms with Crippen LogP contribution in [0.25, 0.3) is 0 Å². The van der Waals surface area contributed by atoms with Crippen molar-refractivity contribution in [3.05, 3.63) is 83.9 Å². The molecule has 0 aliphatic heterocycles. The van der Waals surface area contributed by atoms with E-state index in [0.717, 1.165) is 11.3 Å². The summed E-state index contributed by atoms with van der Waals surface area (Å²) in [7, 11) is 4.96. The number of hydrogen-bond acceptors (Lipinski definition) is 6. The molecule has 0 bridgehead atoms. The van der Waals surface area contributed by atoms with Crippen LogP contribution in [0.3, 0.4) is 0 Å². The van der Waals surface area contributed by atoms with Gasteiger partial charge in [0.05, 0.1) is 31.7 Å². The molecule has 0 atom stereocenters. The third kappa shape index (κ3) is 5.13. The molecule has 0 saturated heterocycles. The summed E-state index contributed by atoms with van der Waals surface area (Å²) in [4.78, 5) is 12.4. The zero-order valence-corrected chi connectivity index (χ0v) is 16.5. The molecule has 0 fully saturated rings. The molecule has 0 radical (unpaired) electrons. The minimum absolute atomic E-state index is 0.335. The van der Waals surface area contributed by atoms with Gasteiger partial charge >= 0.3 is 5.97 Å².